The van der Waals surface area contributed by atoms with Crippen molar-refractivity contribution in [3.63, 3.8) is 0 Å². The molecular formula is C22H19NO4S. The minimum absolute atomic E-state index is 0.0227. The molecule has 0 aliphatic heterocycles. The third kappa shape index (κ3) is 5.56. The van der Waals surface area contributed by atoms with Gasteiger partial charge in [0.15, 0.2) is 12.4 Å². The van der Waals surface area contributed by atoms with Gasteiger partial charge in [-0.05, 0) is 59.5 Å². The summed E-state index contributed by atoms with van der Waals surface area (Å²) in [5.41, 5.74) is 1.55. The maximum absolute atomic E-state index is 12.0. The van der Waals surface area contributed by atoms with Gasteiger partial charge in [0.1, 0.15) is 11.5 Å². The van der Waals surface area contributed by atoms with Gasteiger partial charge in [-0.25, -0.2) is 0 Å². The van der Waals surface area contributed by atoms with Crippen LogP contribution >= 0.6 is 11.3 Å². The van der Waals surface area contributed by atoms with E-state index in [0.717, 1.165) is 11.3 Å². The molecule has 0 aliphatic carbocycles. The lowest BCUT2D eigenvalue weighted by Gasteiger charge is -2.08. The van der Waals surface area contributed by atoms with Crippen molar-refractivity contribution in [1.82, 2.24) is 0 Å². The van der Waals surface area contributed by atoms with Gasteiger partial charge in [0.25, 0.3) is 5.91 Å². The van der Waals surface area contributed by atoms with Crippen LogP contribution in [0.3, 0.4) is 0 Å². The highest BCUT2D eigenvalue weighted by molar-refractivity contribution is 7.12. The summed E-state index contributed by atoms with van der Waals surface area (Å²) in [6.45, 7) is -0.0991. The first-order valence-electron chi connectivity index (χ1n) is 8.57. The highest BCUT2D eigenvalue weighted by Gasteiger charge is 2.05. The van der Waals surface area contributed by atoms with Gasteiger partial charge in [0.05, 0.1) is 12.0 Å². The Hall–Kier alpha value is -3.38. The van der Waals surface area contributed by atoms with Crippen molar-refractivity contribution in [3.05, 3.63) is 82.6 Å². The Balaban J connectivity index is 1.48. The van der Waals surface area contributed by atoms with Crippen molar-refractivity contribution >= 4 is 34.8 Å². The zero-order valence-electron chi connectivity index (χ0n) is 15.3. The number of carbonyl (C=O) groups excluding carboxylic acids is 2. The molecule has 1 heterocycles. The van der Waals surface area contributed by atoms with Gasteiger partial charge in [-0.15, -0.1) is 11.3 Å². The molecule has 1 amide bonds. The normalized spacial score (nSPS) is 10.6. The van der Waals surface area contributed by atoms with Crippen molar-refractivity contribution in [2.45, 2.75) is 0 Å². The topological polar surface area (TPSA) is 64.6 Å². The van der Waals surface area contributed by atoms with Crippen molar-refractivity contribution in [2.75, 3.05) is 19.0 Å². The largest absolute Gasteiger partial charge is 0.497 e. The maximum atomic E-state index is 12.0. The first kappa shape index (κ1) is 19.4. The number of thiophene rings is 1. The lowest BCUT2D eigenvalue weighted by atomic mass is 10.2. The number of anilines is 1. The molecule has 3 aromatic rings. The van der Waals surface area contributed by atoms with Crippen LogP contribution in [0.15, 0.2) is 72.1 Å². The predicted octanol–water partition coefficient (Wildman–Crippen LogP) is 4.67. The van der Waals surface area contributed by atoms with Crippen LogP contribution in [0.5, 0.6) is 11.5 Å². The molecule has 2 aromatic carbocycles. The van der Waals surface area contributed by atoms with E-state index < -0.39 is 0 Å². The molecule has 0 fully saturated rings. The Bertz CT molecular complexity index is 945. The lowest BCUT2D eigenvalue weighted by Crippen LogP contribution is -2.20. The number of ketones is 1. The zero-order valence-corrected chi connectivity index (χ0v) is 16.1. The Morgan fingerprint density at radius 1 is 1.00 bits per heavy atom. The van der Waals surface area contributed by atoms with E-state index in [1.54, 1.807) is 61.7 Å². The van der Waals surface area contributed by atoms with Crippen LogP contribution < -0.4 is 14.8 Å². The van der Waals surface area contributed by atoms with Crippen LogP contribution in [-0.4, -0.2) is 25.4 Å². The molecule has 28 heavy (non-hydrogen) atoms. The van der Waals surface area contributed by atoms with Gasteiger partial charge in [-0.3, -0.25) is 9.59 Å². The van der Waals surface area contributed by atoms with Crippen LogP contribution in [0.4, 0.5) is 5.69 Å². The molecule has 0 saturated carbocycles. The fourth-order valence-corrected chi connectivity index (χ4v) is 3.01. The fourth-order valence-electron chi connectivity index (χ4n) is 2.37. The second kappa shape index (κ2) is 9.53. The monoisotopic (exact) mass is 393 g/mol. The molecule has 6 heteroatoms. The van der Waals surface area contributed by atoms with Crippen molar-refractivity contribution in [3.8, 4) is 11.5 Å². The Morgan fingerprint density at radius 3 is 2.36 bits per heavy atom. The van der Waals surface area contributed by atoms with Crippen molar-refractivity contribution in [1.29, 1.82) is 0 Å². The average Bonchev–Trinajstić information content (AvgIpc) is 3.27. The molecule has 0 spiro atoms. The van der Waals surface area contributed by atoms with Crippen LogP contribution in [0.1, 0.15) is 15.2 Å². The summed E-state index contributed by atoms with van der Waals surface area (Å²) in [6.07, 6.45) is 3.30. The van der Waals surface area contributed by atoms with Crippen molar-refractivity contribution < 1.29 is 19.1 Å². The third-order valence-electron chi connectivity index (χ3n) is 3.81. The van der Waals surface area contributed by atoms with Gasteiger partial charge >= 0.3 is 0 Å². The summed E-state index contributed by atoms with van der Waals surface area (Å²) >= 11 is 1.42. The Kier molecular flexibility index (Phi) is 6.59. The number of methoxy groups -OCH3 is 1. The SMILES string of the molecule is COc1ccc(NC(=O)COc2ccc(C=CC(=O)c3cccs3)cc2)cc1. The molecule has 1 aromatic heterocycles. The maximum Gasteiger partial charge on any atom is 0.262 e. The third-order valence-corrected chi connectivity index (χ3v) is 4.70. The van der Waals surface area contributed by atoms with Gasteiger partial charge < -0.3 is 14.8 Å². The number of carbonyl (C=O) groups is 2. The summed E-state index contributed by atoms with van der Waals surface area (Å²) in [5.74, 6) is 1.02. The number of amides is 1. The quantitative estimate of drug-likeness (QED) is 0.446. The molecule has 0 radical (unpaired) electrons. The zero-order chi connectivity index (χ0) is 19.8. The van der Waals surface area contributed by atoms with Gasteiger partial charge in [-0.2, -0.15) is 0 Å². The Labute approximate surface area is 167 Å². The van der Waals surface area contributed by atoms with E-state index in [4.69, 9.17) is 9.47 Å². The highest BCUT2D eigenvalue weighted by atomic mass is 32.1. The molecule has 0 bridgehead atoms. The van der Waals surface area contributed by atoms with Crippen LogP contribution in [0, 0.1) is 0 Å². The molecule has 0 unspecified atom stereocenters. The second-order valence-electron chi connectivity index (χ2n) is 5.81. The van der Waals surface area contributed by atoms with E-state index in [9.17, 15) is 9.59 Å². The number of nitrogens with one attached hydrogen (secondary N) is 1. The van der Waals surface area contributed by atoms with Crippen molar-refractivity contribution in [2.24, 2.45) is 0 Å². The van der Waals surface area contributed by atoms with E-state index in [0.29, 0.717) is 16.3 Å². The fraction of sp³-hybridized carbons (Fsp3) is 0.0909. The number of ether oxygens (including phenoxy) is 2. The first-order chi connectivity index (χ1) is 13.6. The number of benzene rings is 2. The number of hydrogen-bond acceptors (Lipinski definition) is 5. The highest BCUT2D eigenvalue weighted by Crippen LogP contribution is 2.16. The minimum atomic E-state index is -0.254. The molecule has 142 valence electrons. The van der Waals surface area contributed by atoms with E-state index >= 15 is 0 Å². The average molecular weight is 393 g/mol. The summed E-state index contributed by atoms with van der Waals surface area (Å²) in [5, 5.41) is 4.63. The molecule has 0 atom stereocenters. The predicted molar refractivity (Wildman–Crippen MR) is 111 cm³/mol. The number of allylic oxidation sites excluding steroid dienone is 1. The molecule has 3 rings (SSSR count). The summed E-state index contributed by atoms with van der Waals surface area (Å²) in [7, 11) is 1.59. The molecule has 5 nitrogen and oxygen atoms in total. The second-order valence-corrected chi connectivity index (χ2v) is 6.76. The smallest absolute Gasteiger partial charge is 0.262 e. The minimum Gasteiger partial charge on any atom is -0.497 e. The number of rotatable bonds is 8. The number of hydrogen-bond donors (Lipinski definition) is 1. The molecule has 1 N–H and O–H groups in total. The first-order valence-corrected chi connectivity index (χ1v) is 9.45. The van der Waals surface area contributed by atoms with E-state index in [1.165, 1.54) is 11.3 Å². The summed E-state index contributed by atoms with van der Waals surface area (Å²) in [4.78, 5) is 24.6. The van der Waals surface area contributed by atoms with Gasteiger partial charge in [0, 0.05) is 5.69 Å². The molecule has 0 aliphatic rings. The van der Waals surface area contributed by atoms with Crippen LogP contribution in [0.2, 0.25) is 0 Å². The van der Waals surface area contributed by atoms with Gasteiger partial charge in [0.2, 0.25) is 0 Å². The van der Waals surface area contributed by atoms with E-state index in [1.807, 2.05) is 23.6 Å². The molecular weight excluding hydrogens is 374 g/mol. The standard InChI is InChI=1S/C22H19NO4S/c1-26-18-11-7-17(8-12-18)23-22(25)15-27-19-9-4-16(5-10-19)6-13-20(24)21-3-2-14-28-21/h2-14H,15H2,1H3,(H,23,25). The van der Waals surface area contributed by atoms with E-state index in [-0.39, 0.29) is 18.3 Å². The summed E-state index contributed by atoms with van der Waals surface area (Å²) in [6, 6.07) is 17.9. The Morgan fingerprint density at radius 2 is 1.71 bits per heavy atom. The van der Waals surface area contributed by atoms with Gasteiger partial charge in [-0.1, -0.05) is 24.3 Å². The van der Waals surface area contributed by atoms with E-state index in [2.05, 4.69) is 5.32 Å². The summed E-state index contributed by atoms with van der Waals surface area (Å²) < 4.78 is 10.6. The van der Waals surface area contributed by atoms with Crippen LogP contribution in [0.25, 0.3) is 6.08 Å². The van der Waals surface area contributed by atoms with Crippen LogP contribution in [-0.2, 0) is 4.79 Å². The molecule has 0 saturated heterocycles. The lowest BCUT2D eigenvalue weighted by molar-refractivity contribution is -0.118.